The van der Waals surface area contributed by atoms with Crippen molar-refractivity contribution in [2.24, 2.45) is 0 Å². The zero-order valence-electron chi connectivity index (χ0n) is 9.19. The fourth-order valence-corrected chi connectivity index (χ4v) is 2.02. The van der Waals surface area contributed by atoms with E-state index in [-0.39, 0.29) is 0 Å². The smallest absolute Gasteiger partial charge is 0.260 e. The lowest BCUT2D eigenvalue weighted by Crippen LogP contribution is -2.05. The van der Waals surface area contributed by atoms with Crippen LogP contribution in [0.1, 0.15) is 11.3 Å². The van der Waals surface area contributed by atoms with Crippen LogP contribution >= 0.6 is 11.8 Å². The van der Waals surface area contributed by atoms with Gasteiger partial charge in [0.15, 0.2) is 0 Å². The largest absolute Gasteiger partial charge is 0.417 e. The Kier molecular flexibility index (Phi) is 3.86. The summed E-state index contributed by atoms with van der Waals surface area (Å²) in [4.78, 5) is 7.90. The third-order valence-electron chi connectivity index (χ3n) is 2.16. The van der Waals surface area contributed by atoms with Crippen LogP contribution in [0.4, 0.5) is 13.2 Å². The van der Waals surface area contributed by atoms with Gasteiger partial charge >= 0.3 is 6.18 Å². The van der Waals surface area contributed by atoms with E-state index in [0.29, 0.717) is 10.8 Å². The number of hydrogen-bond acceptors (Lipinski definition) is 3. The zero-order valence-corrected chi connectivity index (χ0v) is 10.0. The Morgan fingerprint density at radius 1 is 1.06 bits per heavy atom. The van der Waals surface area contributed by atoms with Crippen molar-refractivity contribution in [1.82, 2.24) is 9.97 Å². The predicted molar refractivity (Wildman–Crippen MR) is 63.0 cm³/mol. The fourth-order valence-electron chi connectivity index (χ4n) is 1.26. The molecule has 0 aliphatic carbocycles. The first-order chi connectivity index (χ1) is 8.55. The molecule has 0 amide bonds. The normalized spacial score (nSPS) is 11.5. The van der Waals surface area contributed by atoms with Crippen LogP contribution in [0.5, 0.6) is 0 Å². The molecular formula is C12H9F3N2S. The van der Waals surface area contributed by atoms with Gasteiger partial charge in [-0.2, -0.15) is 13.2 Å². The molecule has 0 saturated carbocycles. The lowest BCUT2D eigenvalue weighted by atomic mass is 10.3. The van der Waals surface area contributed by atoms with Crippen molar-refractivity contribution < 1.29 is 13.2 Å². The topological polar surface area (TPSA) is 25.8 Å². The predicted octanol–water partition coefficient (Wildman–Crippen LogP) is 3.79. The number of thioether (sulfide) groups is 1. The molecule has 6 heteroatoms. The first-order valence-electron chi connectivity index (χ1n) is 5.11. The van der Waals surface area contributed by atoms with Crippen LogP contribution in [0.25, 0.3) is 0 Å². The highest BCUT2D eigenvalue weighted by Gasteiger charge is 2.30. The maximum atomic E-state index is 12.3. The third-order valence-corrected chi connectivity index (χ3v) is 3.14. The highest BCUT2D eigenvalue weighted by molar-refractivity contribution is 7.98. The van der Waals surface area contributed by atoms with E-state index in [2.05, 4.69) is 9.97 Å². The number of alkyl halides is 3. The molecule has 94 valence electrons. The number of halogens is 3. The van der Waals surface area contributed by atoms with Gasteiger partial charge < -0.3 is 0 Å². The van der Waals surface area contributed by atoms with Gasteiger partial charge in [0, 0.05) is 18.1 Å². The zero-order chi connectivity index (χ0) is 13.0. The molecule has 0 aliphatic rings. The Morgan fingerprint density at radius 2 is 1.89 bits per heavy atom. The number of hydrogen-bond donors (Lipinski definition) is 0. The molecule has 2 rings (SSSR count). The van der Waals surface area contributed by atoms with E-state index in [0.717, 1.165) is 18.0 Å². The van der Waals surface area contributed by atoms with Gasteiger partial charge in [-0.05, 0) is 24.3 Å². The number of pyridine rings is 2. The minimum absolute atomic E-state index is 0.550. The summed E-state index contributed by atoms with van der Waals surface area (Å²) in [7, 11) is 0. The average Bonchev–Trinajstić information content (AvgIpc) is 2.37. The van der Waals surface area contributed by atoms with Gasteiger partial charge in [0.05, 0.1) is 16.3 Å². The second-order valence-corrected chi connectivity index (χ2v) is 4.49. The fraction of sp³-hybridized carbons (Fsp3) is 0.167. The number of nitrogens with zero attached hydrogens (tertiary/aromatic N) is 2. The minimum atomic E-state index is -4.34. The van der Waals surface area contributed by atoms with Crippen LogP contribution in [0, 0.1) is 0 Å². The summed E-state index contributed by atoms with van der Waals surface area (Å²) in [6.45, 7) is 0. The van der Waals surface area contributed by atoms with Crippen LogP contribution in [-0.4, -0.2) is 9.97 Å². The molecule has 2 aromatic rings. The highest BCUT2D eigenvalue weighted by Crippen LogP contribution is 2.29. The summed E-state index contributed by atoms with van der Waals surface area (Å²) in [5.41, 5.74) is 0.133. The van der Waals surface area contributed by atoms with E-state index in [9.17, 15) is 13.2 Å². The van der Waals surface area contributed by atoms with Gasteiger partial charge in [-0.1, -0.05) is 6.07 Å². The molecule has 0 spiro atoms. The Balaban J connectivity index is 1.99. The standard InChI is InChI=1S/C12H9F3N2S/c13-12(14,15)9-4-5-11(17-7-9)18-8-10-3-1-2-6-16-10/h1-7H,8H2. The van der Waals surface area contributed by atoms with E-state index < -0.39 is 11.7 Å². The van der Waals surface area contributed by atoms with E-state index in [1.54, 1.807) is 6.20 Å². The van der Waals surface area contributed by atoms with Gasteiger partial charge in [0.25, 0.3) is 0 Å². The SMILES string of the molecule is FC(F)(F)c1ccc(SCc2ccccn2)nc1. The van der Waals surface area contributed by atoms with Crippen molar-refractivity contribution in [1.29, 1.82) is 0 Å². The second-order valence-electron chi connectivity index (χ2n) is 3.49. The van der Waals surface area contributed by atoms with Crippen molar-refractivity contribution in [3.05, 3.63) is 54.0 Å². The van der Waals surface area contributed by atoms with E-state index in [4.69, 9.17) is 0 Å². The van der Waals surface area contributed by atoms with Crippen molar-refractivity contribution >= 4 is 11.8 Å². The van der Waals surface area contributed by atoms with E-state index >= 15 is 0 Å². The molecule has 0 aliphatic heterocycles. The Hall–Kier alpha value is -1.56. The molecule has 0 radical (unpaired) electrons. The summed E-state index contributed by atoms with van der Waals surface area (Å²) in [5, 5.41) is 0.550. The first kappa shape index (κ1) is 12.9. The molecule has 0 unspecified atom stereocenters. The minimum Gasteiger partial charge on any atom is -0.260 e. The molecule has 18 heavy (non-hydrogen) atoms. The summed E-state index contributed by atoms with van der Waals surface area (Å²) in [5.74, 6) is 0.583. The second kappa shape index (κ2) is 5.39. The molecule has 2 nitrogen and oxygen atoms in total. The van der Waals surface area contributed by atoms with Crippen molar-refractivity contribution in [2.75, 3.05) is 0 Å². The Morgan fingerprint density at radius 3 is 2.44 bits per heavy atom. The van der Waals surface area contributed by atoms with Gasteiger partial charge in [0.2, 0.25) is 0 Å². The molecule has 0 bridgehead atoms. The molecule has 0 fully saturated rings. The summed E-state index contributed by atoms with van der Waals surface area (Å²) in [6, 6.07) is 7.94. The summed E-state index contributed by atoms with van der Waals surface area (Å²) >= 11 is 1.35. The van der Waals surface area contributed by atoms with Crippen LogP contribution in [0.2, 0.25) is 0 Å². The Bertz CT molecular complexity index is 497. The molecular weight excluding hydrogens is 261 g/mol. The summed E-state index contributed by atoms with van der Waals surface area (Å²) < 4.78 is 36.9. The molecule has 0 N–H and O–H groups in total. The quantitative estimate of drug-likeness (QED) is 0.794. The van der Waals surface area contributed by atoms with Gasteiger partial charge in [-0.25, -0.2) is 4.98 Å². The molecule has 2 heterocycles. The van der Waals surface area contributed by atoms with Crippen molar-refractivity contribution in [3.8, 4) is 0 Å². The van der Waals surface area contributed by atoms with Gasteiger partial charge in [0.1, 0.15) is 0 Å². The molecule has 0 atom stereocenters. The average molecular weight is 270 g/mol. The van der Waals surface area contributed by atoms with Crippen LogP contribution in [0.15, 0.2) is 47.8 Å². The first-order valence-corrected chi connectivity index (χ1v) is 6.10. The molecule has 0 aromatic carbocycles. The highest BCUT2D eigenvalue weighted by atomic mass is 32.2. The number of aromatic nitrogens is 2. The maximum absolute atomic E-state index is 12.3. The van der Waals surface area contributed by atoms with Crippen LogP contribution < -0.4 is 0 Å². The van der Waals surface area contributed by atoms with E-state index in [1.807, 2.05) is 18.2 Å². The summed E-state index contributed by atoms with van der Waals surface area (Å²) in [6.07, 6.45) is -1.81. The molecule has 2 aromatic heterocycles. The lowest BCUT2D eigenvalue weighted by molar-refractivity contribution is -0.137. The third kappa shape index (κ3) is 3.46. The van der Waals surface area contributed by atoms with Crippen molar-refractivity contribution in [3.63, 3.8) is 0 Å². The van der Waals surface area contributed by atoms with Crippen LogP contribution in [0.3, 0.4) is 0 Å². The van der Waals surface area contributed by atoms with Gasteiger partial charge in [-0.15, -0.1) is 11.8 Å². The van der Waals surface area contributed by atoms with Crippen LogP contribution in [-0.2, 0) is 11.9 Å². The van der Waals surface area contributed by atoms with Crippen molar-refractivity contribution in [2.45, 2.75) is 17.0 Å². The number of rotatable bonds is 3. The van der Waals surface area contributed by atoms with E-state index in [1.165, 1.54) is 17.8 Å². The maximum Gasteiger partial charge on any atom is 0.417 e. The molecule has 0 saturated heterocycles. The van der Waals surface area contributed by atoms with Gasteiger partial charge in [-0.3, -0.25) is 4.98 Å². The Labute approximate surface area is 106 Å². The lowest BCUT2D eigenvalue weighted by Gasteiger charge is -2.06. The monoisotopic (exact) mass is 270 g/mol.